The minimum Gasteiger partial charge on any atom is -0.393 e. The number of aliphatic hydroxyl groups excluding tert-OH is 1. The van der Waals surface area contributed by atoms with Crippen molar-refractivity contribution in [2.45, 2.75) is 112 Å². The first kappa shape index (κ1) is 21.8. The number of aliphatic hydroxyl groups is 1. The SMILES string of the molecule is CC(CCC(C)(C)C)[C@H]1CC[C@H]2[C@@H]3CC(=O)[C@H]4C[C@H](O)CC[C@]4(C)[C@H]3CC[C@]12C. The molecule has 1 unspecified atom stereocenters. The zero-order valence-corrected chi connectivity index (χ0v) is 20.0. The molecule has 4 saturated carbocycles. The maximum absolute atomic E-state index is 13.2. The third kappa shape index (κ3) is 3.64. The van der Waals surface area contributed by atoms with E-state index in [4.69, 9.17) is 0 Å². The first-order valence-electron chi connectivity index (χ1n) is 12.7. The van der Waals surface area contributed by atoms with Crippen LogP contribution in [0.15, 0.2) is 0 Å². The predicted molar refractivity (Wildman–Crippen MR) is 119 cm³/mol. The number of rotatable bonds is 3. The van der Waals surface area contributed by atoms with E-state index in [1.807, 2.05) is 0 Å². The molecule has 4 fully saturated rings. The van der Waals surface area contributed by atoms with E-state index in [9.17, 15) is 9.90 Å². The zero-order valence-electron chi connectivity index (χ0n) is 20.0. The van der Waals surface area contributed by atoms with Crippen LogP contribution in [-0.2, 0) is 4.79 Å². The van der Waals surface area contributed by atoms with Crippen molar-refractivity contribution in [2.75, 3.05) is 0 Å². The summed E-state index contributed by atoms with van der Waals surface area (Å²) in [5.74, 6) is 4.31. The van der Waals surface area contributed by atoms with Crippen LogP contribution in [0, 0.1) is 51.8 Å². The fourth-order valence-electron chi connectivity index (χ4n) is 8.86. The molecular formula is C27H46O2. The summed E-state index contributed by atoms with van der Waals surface area (Å²) in [6.07, 6.45) is 11.3. The number of ketones is 1. The van der Waals surface area contributed by atoms with Gasteiger partial charge in [0.25, 0.3) is 0 Å². The minimum absolute atomic E-state index is 0.125. The number of hydrogen-bond donors (Lipinski definition) is 1. The van der Waals surface area contributed by atoms with Crippen molar-refractivity contribution in [2.24, 2.45) is 51.8 Å². The molecule has 2 heteroatoms. The van der Waals surface area contributed by atoms with Crippen LogP contribution < -0.4 is 0 Å². The van der Waals surface area contributed by atoms with Crippen LogP contribution in [-0.4, -0.2) is 17.0 Å². The van der Waals surface area contributed by atoms with Gasteiger partial charge in [0.05, 0.1) is 6.10 Å². The van der Waals surface area contributed by atoms with Crippen LogP contribution in [0.1, 0.15) is 106 Å². The van der Waals surface area contributed by atoms with Gasteiger partial charge in [-0.25, -0.2) is 0 Å². The lowest BCUT2D eigenvalue weighted by molar-refractivity contribution is -0.160. The van der Waals surface area contributed by atoms with Crippen LogP contribution in [0.4, 0.5) is 0 Å². The molecule has 166 valence electrons. The van der Waals surface area contributed by atoms with Gasteiger partial charge >= 0.3 is 0 Å². The largest absolute Gasteiger partial charge is 0.393 e. The molecule has 0 saturated heterocycles. The number of hydrogen-bond acceptors (Lipinski definition) is 2. The minimum atomic E-state index is -0.248. The van der Waals surface area contributed by atoms with Gasteiger partial charge in [-0.2, -0.15) is 0 Å². The molecule has 0 spiro atoms. The Labute approximate surface area is 179 Å². The molecule has 0 bridgehead atoms. The fourth-order valence-corrected chi connectivity index (χ4v) is 8.86. The second-order valence-electron chi connectivity index (χ2n) is 13.3. The Kier molecular flexibility index (Phi) is 5.54. The molecule has 0 aromatic rings. The number of carbonyl (C=O) groups excluding carboxylic acids is 1. The van der Waals surface area contributed by atoms with Crippen LogP contribution in [0.25, 0.3) is 0 Å². The lowest BCUT2D eigenvalue weighted by Gasteiger charge is -2.60. The van der Waals surface area contributed by atoms with Crippen LogP contribution in [0.3, 0.4) is 0 Å². The molecule has 4 rings (SSSR count). The average Bonchev–Trinajstić information content (AvgIpc) is 2.98. The van der Waals surface area contributed by atoms with E-state index < -0.39 is 0 Å². The van der Waals surface area contributed by atoms with Crippen LogP contribution >= 0.6 is 0 Å². The van der Waals surface area contributed by atoms with E-state index in [1.54, 1.807) is 0 Å². The van der Waals surface area contributed by atoms with Crippen molar-refractivity contribution in [3.05, 3.63) is 0 Å². The van der Waals surface area contributed by atoms with E-state index in [0.717, 1.165) is 43.4 Å². The molecule has 1 N–H and O–H groups in total. The monoisotopic (exact) mass is 402 g/mol. The van der Waals surface area contributed by atoms with E-state index in [-0.39, 0.29) is 17.4 Å². The third-order valence-corrected chi connectivity index (χ3v) is 10.5. The highest BCUT2D eigenvalue weighted by atomic mass is 16.3. The molecule has 0 aromatic heterocycles. The normalized spacial score (nSPS) is 48.6. The first-order chi connectivity index (χ1) is 13.5. The molecular weight excluding hydrogens is 356 g/mol. The van der Waals surface area contributed by atoms with E-state index >= 15 is 0 Å². The van der Waals surface area contributed by atoms with Crippen LogP contribution in [0.2, 0.25) is 0 Å². The average molecular weight is 403 g/mol. The molecule has 4 aliphatic carbocycles. The Morgan fingerprint density at radius 1 is 1.03 bits per heavy atom. The number of carbonyl (C=O) groups is 1. The molecule has 0 radical (unpaired) electrons. The fraction of sp³-hybridized carbons (Fsp3) is 0.963. The van der Waals surface area contributed by atoms with Gasteiger partial charge in [-0.3, -0.25) is 4.79 Å². The molecule has 2 nitrogen and oxygen atoms in total. The highest BCUT2D eigenvalue weighted by Crippen LogP contribution is 2.67. The summed E-state index contributed by atoms with van der Waals surface area (Å²) in [7, 11) is 0. The summed E-state index contributed by atoms with van der Waals surface area (Å²) >= 11 is 0. The lowest BCUT2D eigenvalue weighted by atomic mass is 9.44. The molecule has 0 aromatic carbocycles. The van der Waals surface area contributed by atoms with Crippen molar-refractivity contribution in [1.82, 2.24) is 0 Å². The summed E-state index contributed by atoms with van der Waals surface area (Å²) in [4.78, 5) is 13.2. The topological polar surface area (TPSA) is 37.3 Å². The van der Waals surface area contributed by atoms with Gasteiger partial charge in [0.1, 0.15) is 5.78 Å². The predicted octanol–water partition coefficient (Wildman–Crippen LogP) is 6.65. The van der Waals surface area contributed by atoms with Crippen molar-refractivity contribution in [3.8, 4) is 0 Å². The van der Waals surface area contributed by atoms with Crippen molar-refractivity contribution in [1.29, 1.82) is 0 Å². The summed E-state index contributed by atoms with van der Waals surface area (Å²) in [5, 5.41) is 10.2. The Morgan fingerprint density at radius 2 is 1.69 bits per heavy atom. The standard InChI is InChI=1S/C27H46O2/c1-17(9-12-25(2,3)4)20-7-8-21-19-16-24(29)23-15-18(28)10-13-27(23,6)22(19)11-14-26(20,21)5/h17-23,28H,7-16H2,1-6H3/t17?,18-,19+,20-,21+,22+,23-,26-,27-/m1/s1. The molecule has 0 amide bonds. The van der Waals surface area contributed by atoms with Gasteiger partial charge < -0.3 is 5.11 Å². The first-order valence-corrected chi connectivity index (χ1v) is 12.7. The Morgan fingerprint density at radius 3 is 2.38 bits per heavy atom. The summed E-state index contributed by atoms with van der Waals surface area (Å²) in [5.41, 5.74) is 1.02. The van der Waals surface area contributed by atoms with Crippen molar-refractivity contribution >= 4 is 5.78 Å². The Bertz CT molecular complexity index is 633. The molecule has 0 aliphatic heterocycles. The quantitative estimate of drug-likeness (QED) is 0.574. The van der Waals surface area contributed by atoms with Gasteiger partial charge in [0.15, 0.2) is 0 Å². The number of fused-ring (bicyclic) bond motifs is 5. The lowest BCUT2D eigenvalue weighted by Crippen LogP contribution is -2.57. The van der Waals surface area contributed by atoms with E-state index in [0.29, 0.717) is 28.4 Å². The highest BCUT2D eigenvalue weighted by molar-refractivity contribution is 5.83. The second kappa shape index (κ2) is 7.35. The second-order valence-corrected chi connectivity index (χ2v) is 13.3. The Balaban J connectivity index is 1.53. The van der Waals surface area contributed by atoms with Crippen LogP contribution in [0.5, 0.6) is 0 Å². The van der Waals surface area contributed by atoms with Gasteiger partial charge in [-0.05, 0) is 104 Å². The summed E-state index contributed by atoms with van der Waals surface area (Å²) < 4.78 is 0. The third-order valence-electron chi connectivity index (χ3n) is 10.5. The smallest absolute Gasteiger partial charge is 0.136 e. The van der Waals surface area contributed by atoms with Crippen molar-refractivity contribution in [3.63, 3.8) is 0 Å². The Hall–Kier alpha value is -0.370. The molecule has 9 atom stereocenters. The maximum atomic E-state index is 13.2. The van der Waals surface area contributed by atoms with E-state index in [2.05, 4.69) is 41.5 Å². The van der Waals surface area contributed by atoms with Gasteiger partial charge in [0.2, 0.25) is 0 Å². The van der Waals surface area contributed by atoms with Gasteiger partial charge in [-0.1, -0.05) is 41.5 Å². The number of Topliss-reactive ketones (excluding diaryl/α,β-unsaturated/α-hetero) is 1. The van der Waals surface area contributed by atoms with Gasteiger partial charge in [-0.15, -0.1) is 0 Å². The van der Waals surface area contributed by atoms with Crippen molar-refractivity contribution < 1.29 is 9.90 Å². The maximum Gasteiger partial charge on any atom is 0.136 e. The summed E-state index contributed by atoms with van der Waals surface area (Å²) in [6.45, 7) is 14.6. The van der Waals surface area contributed by atoms with Gasteiger partial charge in [0, 0.05) is 12.3 Å². The highest BCUT2D eigenvalue weighted by Gasteiger charge is 2.62. The zero-order chi connectivity index (χ0) is 21.2. The molecule has 0 heterocycles. The molecule has 29 heavy (non-hydrogen) atoms. The molecule has 4 aliphatic rings. The van der Waals surface area contributed by atoms with E-state index in [1.165, 1.54) is 38.5 Å². The summed E-state index contributed by atoms with van der Waals surface area (Å²) in [6, 6.07) is 0.